The number of hydrogen-bond donors (Lipinski definition) is 1. The number of hydrogen-bond acceptors (Lipinski definition) is 5. The van der Waals surface area contributed by atoms with Gasteiger partial charge in [-0.2, -0.15) is 0 Å². The van der Waals surface area contributed by atoms with E-state index in [0.29, 0.717) is 11.1 Å². The highest BCUT2D eigenvalue weighted by Gasteiger charge is 2.29. The number of fused-ring (bicyclic) bond motifs is 1. The van der Waals surface area contributed by atoms with Crippen LogP contribution in [0.3, 0.4) is 0 Å². The Morgan fingerprint density at radius 3 is 2.67 bits per heavy atom. The first kappa shape index (κ1) is 18.4. The molecule has 5 heteroatoms. The van der Waals surface area contributed by atoms with Crippen LogP contribution in [0.25, 0.3) is 10.2 Å². The number of aromatic nitrogens is 1. The van der Waals surface area contributed by atoms with Crippen molar-refractivity contribution < 1.29 is 9.84 Å². The second-order valence-corrected chi connectivity index (χ2v) is 8.45. The van der Waals surface area contributed by atoms with E-state index in [4.69, 9.17) is 4.74 Å². The Morgan fingerprint density at radius 2 is 1.96 bits per heavy atom. The van der Waals surface area contributed by atoms with Crippen molar-refractivity contribution in [3.63, 3.8) is 0 Å². The molecule has 0 radical (unpaired) electrons. The molecule has 142 valence electrons. The standard InChI is InChI=1S/C22H26N2O2S/c1-16(15-25)14-24(18-8-9-18)13-12-17-6-10-19(11-7-17)26-22-23-20-4-2-3-5-21(20)27-22/h2-7,10-11,16,18,25H,8-9,12-15H2,1H3/t16-/m1/s1. The second-order valence-electron chi connectivity index (χ2n) is 7.46. The van der Waals surface area contributed by atoms with Gasteiger partial charge in [-0.3, -0.25) is 4.90 Å². The molecular formula is C22H26N2O2S. The van der Waals surface area contributed by atoms with Crippen LogP contribution in [0.1, 0.15) is 25.3 Å². The summed E-state index contributed by atoms with van der Waals surface area (Å²) in [6, 6.07) is 17.1. The van der Waals surface area contributed by atoms with E-state index in [0.717, 1.165) is 41.5 Å². The van der Waals surface area contributed by atoms with E-state index < -0.39 is 0 Å². The van der Waals surface area contributed by atoms with Crippen LogP contribution in [-0.4, -0.2) is 40.7 Å². The summed E-state index contributed by atoms with van der Waals surface area (Å²) < 4.78 is 7.07. The summed E-state index contributed by atoms with van der Waals surface area (Å²) >= 11 is 1.57. The molecule has 1 N–H and O–H groups in total. The van der Waals surface area contributed by atoms with Gasteiger partial charge in [-0.15, -0.1) is 0 Å². The normalized spacial score (nSPS) is 15.4. The van der Waals surface area contributed by atoms with E-state index in [1.165, 1.54) is 18.4 Å². The molecule has 1 aliphatic carbocycles. The number of aliphatic hydroxyl groups is 1. The van der Waals surface area contributed by atoms with E-state index in [1.54, 1.807) is 11.3 Å². The molecule has 1 aliphatic rings. The van der Waals surface area contributed by atoms with Crippen molar-refractivity contribution in [2.75, 3.05) is 19.7 Å². The maximum atomic E-state index is 9.32. The van der Waals surface area contributed by atoms with Crippen LogP contribution in [0.15, 0.2) is 48.5 Å². The van der Waals surface area contributed by atoms with Crippen molar-refractivity contribution in [1.29, 1.82) is 0 Å². The van der Waals surface area contributed by atoms with Gasteiger partial charge in [0.1, 0.15) is 5.75 Å². The van der Waals surface area contributed by atoms with Crippen molar-refractivity contribution in [1.82, 2.24) is 9.88 Å². The Morgan fingerprint density at radius 1 is 1.19 bits per heavy atom. The Labute approximate surface area is 164 Å². The molecule has 2 aromatic carbocycles. The zero-order valence-electron chi connectivity index (χ0n) is 15.7. The van der Waals surface area contributed by atoms with Crippen LogP contribution in [0.4, 0.5) is 0 Å². The quantitative estimate of drug-likeness (QED) is 0.581. The molecule has 4 nitrogen and oxygen atoms in total. The number of rotatable bonds is 9. The average molecular weight is 383 g/mol. The molecule has 0 saturated heterocycles. The molecule has 0 aliphatic heterocycles. The fourth-order valence-corrected chi connectivity index (χ4v) is 4.15. The van der Waals surface area contributed by atoms with Crippen LogP contribution >= 0.6 is 11.3 Å². The lowest BCUT2D eigenvalue weighted by Crippen LogP contribution is -2.33. The van der Waals surface area contributed by atoms with Crippen molar-refractivity contribution >= 4 is 21.6 Å². The van der Waals surface area contributed by atoms with Gasteiger partial charge in [-0.1, -0.05) is 42.5 Å². The van der Waals surface area contributed by atoms with Crippen LogP contribution < -0.4 is 4.74 Å². The summed E-state index contributed by atoms with van der Waals surface area (Å²) in [5.41, 5.74) is 2.29. The third-order valence-electron chi connectivity index (χ3n) is 5.01. The molecule has 3 aromatic rings. The number of para-hydroxylation sites is 1. The van der Waals surface area contributed by atoms with Gasteiger partial charge in [0, 0.05) is 25.7 Å². The highest BCUT2D eigenvalue weighted by atomic mass is 32.1. The molecular weight excluding hydrogens is 356 g/mol. The first-order valence-corrected chi connectivity index (χ1v) is 10.5. The molecule has 1 heterocycles. The molecule has 0 bridgehead atoms. The Balaban J connectivity index is 1.34. The summed E-state index contributed by atoms with van der Waals surface area (Å²) in [6.45, 7) is 4.41. The van der Waals surface area contributed by atoms with Crippen molar-refractivity contribution in [2.24, 2.45) is 5.92 Å². The van der Waals surface area contributed by atoms with E-state index in [1.807, 2.05) is 30.3 Å². The predicted octanol–water partition coefficient (Wildman–Crippen LogP) is 4.72. The first-order valence-electron chi connectivity index (χ1n) is 9.68. The SMILES string of the molecule is C[C@@H](CO)CN(CCc1ccc(Oc2nc3ccccc3s2)cc1)C1CC1. The lowest BCUT2D eigenvalue weighted by atomic mass is 10.1. The van der Waals surface area contributed by atoms with Crippen LogP contribution in [0.2, 0.25) is 0 Å². The minimum absolute atomic E-state index is 0.265. The van der Waals surface area contributed by atoms with Crippen LogP contribution in [0, 0.1) is 5.92 Å². The zero-order chi connectivity index (χ0) is 18.6. The number of thiazole rings is 1. The number of benzene rings is 2. The average Bonchev–Trinajstić information content (AvgIpc) is 3.45. The summed E-state index contributed by atoms with van der Waals surface area (Å²) in [5.74, 6) is 1.17. The number of nitrogens with zero attached hydrogens (tertiary/aromatic N) is 2. The molecule has 1 fully saturated rings. The van der Waals surface area contributed by atoms with Gasteiger partial charge < -0.3 is 9.84 Å². The fraction of sp³-hybridized carbons (Fsp3) is 0.409. The van der Waals surface area contributed by atoms with Gasteiger partial charge in [-0.25, -0.2) is 4.98 Å². The Bertz CT molecular complexity index is 840. The fourth-order valence-electron chi connectivity index (χ4n) is 3.31. The van der Waals surface area contributed by atoms with Gasteiger partial charge >= 0.3 is 0 Å². The lowest BCUT2D eigenvalue weighted by Gasteiger charge is -2.24. The third kappa shape index (κ3) is 4.86. The van der Waals surface area contributed by atoms with Crippen molar-refractivity contribution in [3.05, 3.63) is 54.1 Å². The number of ether oxygens (including phenoxy) is 1. The highest BCUT2D eigenvalue weighted by molar-refractivity contribution is 7.20. The van der Waals surface area contributed by atoms with Crippen LogP contribution in [0.5, 0.6) is 10.9 Å². The highest BCUT2D eigenvalue weighted by Crippen LogP contribution is 2.31. The largest absolute Gasteiger partial charge is 0.431 e. The second kappa shape index (κ2) is 8.38. The molecule has 0 amide bonds. The molecule has 0 unspecified atom stereocenters. The first-order chi connectivity index (χ1) is 13.2. The summed E-state index contributed by atoms with van der Waals surface area (Å²) in [7, 11) is 0. The molecule has 1 saturated carbocycles. The topological polar surface area (TPSA) is 45.6 Å². The van der Waals surface area contributed by atoms with Gasteiger partial charge in [0.25, 0.3) is 5.19 Å². The summed E-state index contributed by atoms with van der Waals surface area (Å²) in [5, 5.41) is 10.0. The smallest absolute Gasteiger partial charge is 0.279 e. The van der Waals surface area contributed by atoms with E-state index in [9.17, 15) is 5.11 Å². The predicted molar refractivity (Wildman–Crippen MR) is 111 cm³/mol. The van der Waals surface area contributed by atoms with Gasteiger partial charge in [-0.05, 0) is 55.0 Å². The monoisotopic (exact) mass is 382 g/mol. The Kier molecular flexibility index (Phi) is 5.72. The number of aliphatic hydroxyl groups excluding tert-OH is 1. The van der Waals surface area contributed by atoms with Gasteiger partial charge in [0.2, 0.25) is 0 Å². The van der Waals surface area contributed by atoms with Crippen molar-refractivity contribution in [2.45, 2.75) is 32.2 Å². The molecule has 0 spiro atoms. The van der Waals surface area contributed by atoms with Crippen molar-refractivity contribution in [3.8, 4) is 10.9 Å². The van der Waals surface area contributed by atoms with E-state index >= 15 is 0 Å². The maximum Gasteiger partial charge on any atom is 0.279 e. The maximum absolute atomic E-state index is 9.32. The van der Waals surface area contributed by atoms with Gasteiger partial charge in [0.05, 0.1) is 10.2 Å². The third-order valence-corrected chi connectivity index (χ3v) is 5.93. The molecule has 1 atom stereocenters. The summed E-state index contributed by atoms with van der Waals surface area (Å²) in [4.78, 5) is 7.06. The van der Waals surface area contributed by atoms with Crippen LogP contribution in [-0.2, 0) is 6.42 Å². The van der Waals surface area contributed by atoms with E-state index in [-0.39, 0.29) is 6.61 Å². The van der Waals surface area contributed by atoms with E-state index in [2.05, 4.69) is 35.0 Å². The Hall–Kier alpha value is -1.95. The lowest BCUT2D eigenvalue weighted by molar-refractivity contribution is 0.169. The summed E-state index contributed by atoms with van der Waals surface area (Å²) in [6.07, 6.45) is 3.62. The molecule has 1 aromatic heterocycles. The minimum Gasteiger partial charge on any atom is -0.431 e. The minimum atomic E-state index is 0.265. The zero-order valence-corrected chi connectivity index (χ0v) is 16.5. The molecule has 27 heavy (non-hydrogen) atoms. The van der Waals surface area contributed by atoms with Gasteiger partial charge in [0.15, 0.2) is 0 Å². The molecule has 4 rings (SSSR count).